The zero-order chi connectivity index (χ0) is 21.7. The Kier molecular flexibility index (Phi) is 6.90. The van der Waals surface area contributed by atoms with Gasteiger partial charge in [0.25, 0.3) is 5.91 Å². The van der Waals surface area contributed by atoms with E-state index in [0.717, 1.165) is 22.9 Å². The van der Waals surface area contributed by atoms with Gasteiger partial charge in [0.1, 0.15) is 11.3 Å². The zero-order valence-corrected chi connectivity index (χ0v) is 17.9. The number of nitrogens with zero attached hydrogens (tertiary/aromatic N) is 1. The van der Waals surface area contributed by atoms with Crippen LogP contribution < -0.4 is 15.7 Å². The van der Waals surface area contributed by atoms with E-state index in [-0.39, 0.29) is 18.6 Å². The molecule has 2 aromatic carbocycles. The lowest BCUT2D eigenvalue weighted by molar-refractivity contribution is -0.123. The van der Waals surface area contributed by atoms with Gasteiger partial charge >= 0.3 is 5.63 Å². The minimum atomic E-state index is -0.406. The summed E-state index contributed by atoms with van der Waals surface area (Å²) in [7, 11) is 3.98. The first-order valence-electron chi connectivity index (χ1n) is 10.1. The van der Waals surface area contributed by atoms with Crippen LogP contribution in [0.1, 0.15) is 29.7 Å². The largest absolute Gasteiger partial charge is 0.484 e. The molecule has 30 heavy (non-hydrogen) atoms. The molecule has 158 valence electrons. The second-order valence-electron chi connectivity index (χ2n) is 7.57. The van der Waals surface area contributed by atoms with Crippen LogP contribution in [-0.4, -0.2) is 38.1 Å². The third-order valence-corrected chi connectivity index (χ3v) is 5.18. The fourth-order valence-corrected chi connectivity index (χ4v) is 3.38. The fourth-order valence-electron chi connectivity index (χ4n) is 3.38. The lowest BCUT2D eigenvalue weighted by atomic mass is 10.0. The summed E-state index contributed by atoms with van der Waals surface area (Å²) < 4.78 is 10.8. The van der Waals surface area contributed by atoms with E-state index >= 15 is 0 Å². The summed E-state index contributed by atoms with van der Waals surface area (Å²) in [5.41, 5.74) is 3.32. The lowest BCUT2D eigenvalue weighted by Gasteiger charge is -2.25. The van der Waals surface area contributed by atoms with Crippen LogP contribution in [0.4, 0.5) is 0 Å². The summed E-state index contributed by atoms with van der Waals surface area (Å²) in [4.78, 5) is 26.0. The van der Waals surface area contributed by atoms with Crippen LogP contribution in [0.5, 0.6) is 5.75 Å². The van der Waals surface area contributed by atoms with Crippen molar-refractivity contribution >= 4 is 16.9 Å². The normalized spacial score (nSPS) is 12.2. The molecule has 3 rings (SSSR count). The van der Waals surface area contributed by atoms with Crippen LogP contribution >= 0.6 is 0 Å². The Labute approximate surface area is 176 Å². The molecular weight excluding hydrogens is 380 g/mol. The number of likely N-dealkylation sites (N-methyl/N-ethyl adjacent to an activating group) is 1. The monoisotopic (exact) mass is 408 g/mol. The average molecular weight is 408 g/mol. The maximum atomic E-state index is 12.3. The smallest absolute Gasteiger partial charge is 0.336 e. The van der Waals surface area contributed by atoms with Crippen LogP contribution in [0.3, 0.4) is 0 Å². The Morgan fingerprint density at radius 2 is 1.87 bits per heavy atom. The summed E-state index contributed by atoms with van der Waals surface area (Å²) in [5.74, 6) is 0.267. The number of benzene rings is 2. The minimum Gasteiger partial charge on any atom is -0.484 e. The SMILES string of the molecule is CCc1ccc(C(CNC(=O)COc2ccc3c(C)cc(=O)oc3c2)N(C)C)cc1. The molecule has 0 fully saturated rings. The van der Waals surface area contributed by atoms with Gasteiger partial charge in [-0.2, -0.15) is 0 Å². The summed E-state index contributed by atoms with van der Waals surface area (Å²) in [6, 6.07) is 15.2. The molecule has 1 N–H and O–H groups in total. The van der Waals surface area contributed by atoms with Crippen LogP contribution in [0, 0.1) is 6.92 Å². The molecule has 0 radical (unpaired) electrons. The highest BCUT2D eigenvalue weighted by atomic mass is 16.5. The van der Waals surface area contributed by atoms with E-state index in [9.17, 15) is 9.59 Å². The van der Waals surface area contributed by atoms with Crippen molar-refractivity contribution in [3.63, 3.8) is 0 Å². The number of aryl methyl sites for hydroxylation is 2. The number of rotatable bonds is 8. The quantitative estimate of drug-likeness (QED) is 0.578. The Bertz CT molecular complexity index is 1070. The Balaban J connectivity index is 1.59. The van der Waals surface area contributed by atoms with Crippen molar-refractivity contribution in [2.45, 2.75) is 26.3 Å². The maximum Gasteiger partial charge on any atom is 0.336 e. The number of nitrogens with one attached hydrogen (secondary N) is 1. The van der Waals surface area contributed by atoms with Crippen molar-refractivity contribution in [1.29, 1.82) is 0 Å². The molecule has 1 unspecified atom stereocenters. The molecule has 0 saturated carbocycles. The molecule has 1 aromatic heterocycles. The fraction of sp³-hybridized carbons (Fsp3) is 0.333. The summed E-state index contributed by atoms with van der Waals surface area (Å²) >= 11 is 0. The first-order valence-corrected chi connectivity index (χ1v) is 10.1. The highest BCUT2D eigenvalue weighted by Gasteiger charge is 2.15. The first kappa shape index (κ1) is 21.6. The van der Waals surface area contributed by atoms with Gasteiger partial charge in [0.2, 0.25) is 0 Å². The lowest BCUT2D eigenvalue weighted by Crippen LogP contribution is -2.36. The van der Waals surface area contributed by atoms with E-state index < -0.39 is 5.63 Å². The Hall–Kier alpha value is -3.12. The number of carbonyl (C=O) groups excluding carboxylic acids is 1. The number of carbonyl (C=O) groups is 1. The number of amides is 1. The van der Waals surface area contributed by atoms with Gasteiger partial charge in [0.05, 0.1) is 6.04 Å². The van der Waals surface area contributed by atoms with Crippen LogP contribution in [0.15, 0.2) is 57.7 Å². The maximum absolute atomic E-state index is 12.3. The second-order valence-corrected chi connectivity index (χ2v) is 7.57. The first-order chi connectivity index (χ1) is 14.4. The molecule has 1 atom stereocenters. The van der Waals surface area contributed by atoms with Crippen LogP contribution in [0.25, 0.3) is 11.0 Å². The van der Waals surface area contributed by atoms with Gasteiger partial charge in [0.15, 0.2) is 6.61 Å². The number of hydrogen-bond donors (Lipinski definition) is 1. The highest BCUT2D eigenvalue weighted by Crippen LogP contribution is 2.22. The molecule has 0 aliphatic heterocycles. The average Bonchev–Trinajstić information content (AvgIpc) is 2.72. The third-order valence-electron chi connectivity index (χ3n) is 5.18. The van der Waals surface area contributed by atoms with Gasteiger partial charge in [-0.25, -0.2) is 4.79 Å². The molecule has 0 aliphatic rings. The zero-order valence-electron chi connectivity index (χ0n) is 17.9. The van der Waals surface area contributed by atoms with E-state index in [1.54, 1.807) is 12.1 Å². The Morgan fingerprint density at radius 3 is 2.53 bits per heavy atom. The minimum absolute atomic E-state index is 0.0674. The standard InChI is InChI=1S/C24H28N2O4/c1-5-17-6-8-18(9-7-17)21(26(3)4)14-25-23(27)15-29-19-10-11-20-16(2)12-24(28)30-22(20)13-19/h6-13,21H,5,14-15H2,1-4H3,(H,25,27). The van der Waals surface area contributed by atoms with E-state index in [4.69, 9.17) is 9.15 Å². The predicted octanol–water partition coefficient (Wildman–Crippen LogP) is 3.46. The van der Waals surface area contributed by atoms with E-state index in [1.807, 2.05) is 27.1 Å². The molecule has 6 nitrogen and oxygen atoms in total. The predicted molar refractivity (Wildman–Crippen MR) is 118 cm³/mol. The number of ether oxygens (including phenoxy) is 1. The molecule has 3 aromatic rings. The molecule has 0 spiro atoms. The van der Waals surface area contributed by atoms with Gasteiger partial charge in [-0.3, -0.25) is 4.79 Å². The van der Waals surface area contributed by atoms with Crippen molar-refractivity contribution < 1.29 is 13.9 Å². The topological polar surface area (TPSA) is 71.8 Å². The molecule has 0 aliphatic carbocycles. The molecule has 1 heterocycles. The van der Waals surface area contributed by atoms with Gasteiger partial charge in [0, 0.05) is 24.1 Å². The molecule has 0 saturated heterocycles. The van der Waals surface area contributed by atoms with Gasteiger partial charge in [-0.15, -0.1) is 0 Å². The van der Waals surface area contributed by atoms with Gasteiger partial charge in [-0.05, 0) is 56.3 Å². The van der Waals surface area contributed by atoms with Crippen molar-refractivity contribution in [3.8, 4) is 5.75 Å². The molecule has 0 bridgehead atoms. The van der Waals surface area contributed by atoms with E-state index in [1.165, 1.54) is 11.6 Å². The summed E-state index contributed by atoms with van der Waals surface area (Å²) in [6.07, 6.45) is 0.999. The van der Waals surface area contributed by atoms with Crippen LogP contribution in [-0.2, 0) is 11.2 Å². The van der Waals surface area contributed by atoms with Crippen LogP contribution in [0.2, 0.25) is 0 Å². The second kappa shape index (κ2) is 9.59. The van der Waals surface area contributed by atoms with Crippen molar-refractivity contribution in [2.24, 2.45) is 0 Å². The third kappa shape index (κ3) is 5.27. The summed E-state index contributed by atoms with van der Waals surface area (Å²) in [6.45, 7) is 4.34. The van der Waals surface area contributed by atoms with Gasteiger partial charge < -0.3 is 19.4 Å². The summed E-state index contributed by atoms with van der Waals surface area (Å²) in [5, 5.41) is 3.78. The van der Waals surface area contributed by atoms with E-state index in [0.29, 0.717) is 17.9 Å². The van der Waals surface area contributed by atoms with Gasteiger partial charge in [-0.1, -0.05) is 31.2 Å². The molecular formula is C24H28N2O4. The Morgan fingerprint density at radius 1 is 1.13 bits per heavy atom. The highest BCUT2D eigenvalue weighted by molar-refractivity contribution is 5.81. The van der Waals surface area contributed by atoms with Crippen molar-refractivity contribution in [3.05, 3.63) is 75.6 Å². The number of fused-ring (bicyclic) bond motifs is 1. The molecule has 1 amide bonds. The number of hydrogen-bond acceptors (Lipinski definition) is 5. The van der Waals surface area contributed by atoms with Crippen molar-refractivity contribution in [1.82, 2.24) is 10.2 Å². The molecule has 6 heteroatoms. The van der Waals surface area contributed by atoms with E-state index in [2.05, 4.69) is 41.4 Å². The van der Waals surface area contributed by atoms with Crippen molar-refractivity contribution in [2.75, 3.05) is 27.2 Å².